The van der Waals surface area contributed by atoms with Gasteiger partial charge in [0, 0.05) is 17.3 Å². The Morgan fingerprint density at radius 1 is 1.11 bits per heavy atom. The number of nitrogens with one attached hydrogen (secondary N) is 2. The molecule has 2 aromatic rings. The van der Waals surface area contributed by atoms with Gasteiger partial charge in [-0.05, 0) is 68.9 Å². The molecular weight excluding hydrogens is 447 g/mol. The maximum atomic E-state index is 6.11. The van der Waals surface area contributed by atoms with Gasteiger partial charge in [0.2, 0.25) is 0 Å². The van der Waals surface area contributed by atoms with Gasteiger partial charge in [0.15, 0.2) is 5.96 Å². The summed E-state index contributed by atoms with van der Waals surface area (Å²) in [4.78, 5) is 4.55. The first-order valence-corrected chi connectivity index (χ1v) is 9.44. The van der Waals surface area contributed by atoms with Crippen molar-refractivity contribution in [1.82, 2.24) is 5.32 Å². The largest absolute Gasteiger partial charge is 0.370 e. The molecule has 4 nitrogen and oxygen atoms in total. The van der Waals surface area contributed by atoms with Gasteiger partial charge < -0.3 is 16.4 Å². The third-order valence-electron chi connectivity index (χ3n) is 4.92. The molecule has 5 heteroatoms. The first kappa shape index (κ1) is 21.7. The van der Waals surface area contributed by atoms with Crippen LogP contribution < -0.4 is 16.4 Å². The fourth-order valence-electron chi connectivity index (χ4n) is 3.58. The third kappa shape index (κ3) is 6.21. The minimum absolute atomic E-state index is 0. The minimum Gasteiger partial charge on any atom is -0.370 e. The van der Waals surface area contributed by atoms with Gasteiger partial charge in [-0.25, -0.2) is 0 Å². The Hall–Kier alpha value is -1.60. The number of halogens is 1. The highest BCUT2D eigenvalue weighted by molar-refractivity contribution is 14.0. The number of aliphatic imine (C=N–C) groups is 1. The predicted molar refractivity (Wildman–Crippen MR) is 126 cm³/mol. The van der Waals surface area contributed by atoms with E-state index >= 15 is 0 Å². The standard InChI is InChI=1S/C22H30N4.HI/c1-16(17-8-5-4-6-9-17)26-22(2,3)15-24-21(23)25-20-13-12-18-10-7-11-19(18)14-20;/h4-6,8-9,12-14,16,26H,7,10-11,15H2,1-3H3,(H3,23,24,25);1H. The second kappa shape index (κ2) is 9.55. The number of aryl methyl sites for hydroxylation is 2. The van der Waals surface area contributed by atoms with Crippen LogP contribution in [0.1, 0.15) is 49.9 Å². The molecule has 0 aliphatic heterocycles. The lowest BCUT2D eigenvalue weighted by Crippen LogP contribution is -2.44. The van der Waals surface area contributed by atoms with Crippen LogP contribution in [-0.4, -0.2) is 18.0 Å². The van der Waals surface area contributed by atoms with E-state index in [-0.39, 0.29) is 35.6 Å². The molecule has 1 aliphatic carbocycles. The topological polar surface area (TPSA) is 62.4 Å². The smallest absolute Gasteiger partial charge is 0.193 e. The van der Waals surface area contributed by atoms with Crippen LogP contribution in [0.5, 0.6) is 0 Å². The van der Waals surface area contributed by atoms with Gasteiger partial charge in [-0.2, -0.15) is 0 Å². The summed E-state index contributed by atoms with van der Waals surface area (Å²) in [6.07, 6.45) is 3.61. The maximum absolute atomic E-state index is 6.11. The van der Waals surface area contributed by atoms with Gasteiger partial charge in [-0.3, -0.25) is 4.99 Å². The molecule has 1 atom stereocenters. The molecule has 146 valence electrons. The maximum Gasteiger partial charge on any atom is 0.193 e. The lowest BCUT2D eigenvalue weighted by atomic mass is 10.0. The van der Waals surface area contributed by atoms with Gasteiger partial charge in [0.05, 0.1) is 6.54 Å². The second-order valence-electron chi connectivity index (χ2n) is 7.82. The number of hydrogen-bond donors (Lipinski definition) is 3. The Morgan fingerprint density at radius 3 is 2.56 bits per heavy atom. The van der Waals surface area contributed by atoms with Crippen LogP contribution in [0.25, 0.3) is 0 Å². The zero-order chi connectivity index (χ0) is 18.6. The number of hydrogen-bond acceptors (Lipinski definition) is 2. The van der Waals surface area contributed by atoms with E-state index in [2.05, 4.69) is 78.9 Å². The van der Waals surface area contributed by atoms with E-state index in [1.807, 2.05) is 6.07 Å². The number of fused-ring (bicyclic) bond motifs is 1. The van der Waals surface area contributed by atoms with E-state index in [4.69, 9.17) is 5.73 Å². The monoisotopic (exact) mass is 478 g/mol. The van der Waals surface area contributed by atoms with Gasteiger partial charge in [-0.15, -0.1) is 24.0 Å². The number of guanidine groups is 1. The number of anilines is 1. The van der Waals surface area contributed by atoms with Crippen molar-refractivity contribution in [2.75, 3.05) is 11.9 Å². The highest BCUT2D eigenvalue weighted by atomic mass is 127. The van der Waals surface area contributed by atoms with Crippen molar-refractivity contribution in [2.45, 2.75) is 51.6 Å². The van der Waals surface area contributed by atoms with Crippen LogP contribution in [0, 0.1) is 0 Å². The number of rotatable bonds is 6. The van der Waals surface area contributed by atoms with Crippen molar-refractivity contribution in [2.24, 2.45) is 10.7 Å². The Bertz CT molecular complexity index is 771. The van der Waals surface area contributed by atoms with Crippen LogP contribution in [0.2, 0.25) is 0 Å². The molecule has 4 N–H and O–H groups in total. The summed E-state index contributed by atoms with van der Waals surface area (Å²) in [5.74, 6) is 0.463. The fraction of sp³-hybridized carbons (Fsp3) is 0.409. The molecule has 0 saturated heterocycles. The van der Waals surface area contributed by atoms with Crippen LogP contribution in [0.4, 0.5) is 5.69 Å². The van der Waals surface area contributed by atoms with Crippen LogP contribution in [0.3, 0.4) is 0 Å². The van der Waals surface area contributed by atoms with Gasteiger partial charge in [0.25, 0.3) is 0 Å². The minimum atomic E-state index is -0.153. The Morgan fingerprint density at radius 2 is 1.81 bits per heavy atom. The van der Waals surface area contributed by atoms with Crippen molar-refractivity contribution < 1.29 is 0 Å². The summed E-state index contributed by atoms with van der Waals surface area (Å²) >= 11 is 0. The number of nitrogens with zero attached hydrogens (tertiary/aromatic N) is 1. The van der Waals surface area contributed by atoms with Crippen LogP contribution in [-0.2, 0) is 12.8 Å². The van der Waals surface area contributed by atoms with E-state index in [1.54, 1.807) is 0 Å². The molecule has 3 rings (SSSR count). The molecule has 0 saturated carbocycles. The summed E-state index contributed by atoms with van der Waals surface area (Å²) in [5, 5.41) is 6.86. The van der Waals surface area contributed by atoms with Crippen molar-refractivity contribution in [3.05, 3.63) is 65.2 Å². The molecule has 27 heavy (non-hydrogen) atoms. The third-order valence-corrected chi connectivity index (χ3v) is 4.92. The summed E-state index contributed by atoms with van der Waals surface area (Å²) in [7, 11) is 0. The molecule has 0 amide bonds. The Balaban J connectivity index is 0.00000261. The van der Waals surface area contributed by atoms with Gasteiger partial charge >= 0.3 is 0 Å². The summed E-state index contributed by atoms with van der Waals surface area (Å²) in [6, 6.07) is 17.2. The van der Waals surface area contributed by atoms with Crippen LogP contribution >= 0.6 is 24.0 Å². The normalized spacial score (nSPS) is 15.0. The van der Waals surface area contributed by atoms with Gasteiger partial charge in [-0.1, -0.05) is 36.4 Å². The first-order chi connectivity index (χ1) is 12.4. The molecule has 0 fully saturated rings. The van der Waals surface area contributed by atoms with Gasteiger partial charge in [0.1, 0.15) is 0 Å². The van der Waals surface area contributed by atoms with Crippen LogP contribution in [0.15, 0.2) is 53.5 Å². The fourth-order valence-corrected chi connectivity index (χ4v) is 3.58. The van der Waals surface area contributed by atoms with Crippen molar-refractivity contribution >= 4 is 35.6 Å². The first-order valence-electron chi connectivity index (χ1n) is 9.44. The lowest BCUT2D eigenvalue weighted by Gasteiger charge is -2.29. The predicted octanol–water partition coefficient (Wildman–Crippen LogP) is 4.65. The molecule has 1 aliphatic rings. The average molecular weight is 478 g/mol. The molecule has 0 radical (unpaired) electrons. The molecular formula is C22H31IN4. The summed E-state index contributed by atoms with van der Waals surface area (Å²) < 4.78 is 0. The van der Waals surface area contributed by atoms with E-state index in [1.165, 1.54) is 29.5 Å². The SMILES string of the molecule is CC(NC(C)(C)CN=C(N)Nc1ccc2c(c1)CCC2)c1ccccc1.I. The zero-order valence-electron chi connectivity index (χ0n) is 16.5. The highest BCUT2D eigenvalue weighted by Crippen LogP contribution is 2.24. The molecule has 1 unspecified atom stereocenters. The molecule has 0 spiro atoms. The molecule has 0 bridgehead atoms. The summed E-state index contributed by atoms with van der Waals surface area (Å²) in [6.45, 7) is 7.08. The van der Waals surface area contributed by atoms with Crippen molar-refractivity contribution in [3.8, 4) is 0 Å². The zero-order valence-corrected chi connectivity index (χ0v) is 18.8. The number of nitrogens with two attached hydrogens (primary N) is 1. The summed E-state index contributed by atoms with van der Waals surface area (Å²) in [5.41, 5.74) is 11.1. The van der Waals surface area contributed by atoms with Crippen molar-refractivity contribution in [3.63, 3.8) is 0 Å². The molecule has 2 aromatic carbocycles. The quantitative estimate of drug-likeness (QED) is 0.322. The van der Waals surface area contributed by atoms with E-state index in [0.29, 0.717) is 12.5 Å². The Labute approximate surface area is 180 Å². The molecule has 0 aromatic heterocycles. The number of benzene rings is 2. The second-order valence-corrected chi connectivity index (χ2v) is 7.82. The van der Waals surface area contributed by atoms with E-state index in [0.717, 1.165) is 12.1 Å². The van der Waals surface area contributed by atoms with Crippen molar-refractivity contribution in [1.29, 1.82) is 0 Å². The molecule has 0 heterocycles. The van der Waals surface area contributed by atoms with E-state index in [9.17, 15) is 0 Å². The Kier molecular flexibility index (Phi) is 7.68. The van der Waals surface area contributed by atoms with E-state index < -0.39 is 0 Å². The highest BCUT2D eigenvalue weighted by Gasteiger charge is 2.20. The lowest BCUT2D eigenvalue weighted by molar-refractivity contribution is 0.357. The average Bonchev–Trinajstić information content (AvgIpc) is 3.08.